The number of aliphatic imine (C=N–C) groups is 1. The van der Waals surface area contributed by atoms with Gasteiger partial charge in [0.2, 0.25) is 0 Å². The molecule has 0 saturated carbocycles. The van der Waals surface area contributed by atoms with Crippen LogP contribution in [0.2, 0.25) is 0 Å². The van der Waals surface area contributed by atoms with Gasteiger partial charge in [-0.2, -0.15) is 4.99 Å². The molecule has 0 bridgehead atoms. The predicted molar refractivity (Wildman–Crippen MR) is 137 cm³/mol. The number of hydrogen-bond donors (Lipinski definition) is 0. The lowest BCUT2D eigenvalue weighted by Gasteiger charge is -2.10. The second-order valence-electron chi connectivity index (χ2n) is 8.03. The van der Waals surface area contributed by atoms with Crippen molar-refractivity contribution in [3.63, 3.8) is 0 Å². The number of thiocarbonyl (C=S) groups is 1. The monoisotopic (exact) mass is 525 g/mol. The van der Waals surface area contributed by atoms with Crippen molar-refractivity contribution in [2.45, 2.75) is 13.3 Å². The van der Waals surface area contributed by atoms with Crippen molar-refractivity contribution in [2.75, 3.05) is 0 Å². The van der Waals surface area contributed by atoms with E-state index >= 15 is 0 Å². The van der Waals surface area contributed by atoms with Gasteiger partial charge < -0.3 is 0 Å². The molecule has 4 rings (SSSR count). The van der Waals surface area contributed by atoms with Crippen LogP contribution >= 0.6 is 12.2 Å². The topological polar surface area (TPSA) is 12.4 Å². The fourth-order valence-corrected chi connectivity index (χ4v) is 3.93. The molecule has 37 heavy (non-hydrogen) atoms. The third-order valence-electron chi connectivity index (χ3n) is 5.75. The Bertz CT molecular complexity index is 1550. The van der Waals surface area contributed by atoms with E-state index in [9.17, 15) is 26.3 Å². The summed E-state index contributed by atoms with van der Waals surface area (Å²) < 4.78 is 85.5. The van der Waals surface area contributed by atoms with E-state index in [1.165, 1.54) is 31.2 Å². The van der Waals surface area contributed by atoms with Crippen molar-refractivity contribution in [2.24, 2.45) is 4.99 Å². The fraction of sp³-hybridized carbons (Fsp3) is 0.0690. The molecule has 0 unspecified atom stereocenters. The van der Waals surface area contributed by atoms with E-state index in [1.54, 1.807) is 24.3 Å². The van der Waals surface area contributed by atoms with Crippen molar-refractivity contribution in [1.82, 2.24) is 0 Å². The number of isothiocyanates is 1. The minimum absolute atomic E-state index is 0.0275. The Labute approximate surface area is 214 Å². The van der Waals surface area contributed by atoms with E-state index in [1.807, 2.05) is 5.16 Å². The summed E-state index contributed by atoms with van der Waals surface area (Å²) in [4.78, 5) is 3.38. The molecule has 0 aliphatic rings. The van der Waals surface area contributed by atoms with E-state index < -0.39 is 40.6 Å². The SMILES string of the molecule is CC/C(F)=C(\F)c1ccc(-c2ccc(-c3ccc(-c4cc(F)c(N=C=S)c(F)c4)cc3)c(F)c2)c(F)c1. The Kier molecular flexibility index (Phi) is 7.71. The number of nitrogens with zero attached hydrogens (tertiary/aromatic N) is 1. The van der Waals surface area contributed by atoms with Crippen LogP contribution in [0.1, 0.15) is 18.9 Å². The van der Waals surface area contributed by atoms with E-state index in [-0.39, 0.29) is 34.2 Å². The van der Waals surface area contributed by atoms with Gasteiger partial charge in [-0.1, -0.05) is 55.5 Å². The molecule has 0 aromatic heterocycles. The van der Waals surface area contributed by atoms with Gasteiger partial charge in [0.1, 0.15) is 23.1 Å². The van der Waals surface area contributed by atoms with Gasteiger partial charge in [0.15, 0.2) is 17.5 Å². The van der Waals surface area contributed by atoms with Gasteiger partial charge in [-0.25, -0.2) is 26.3 Å². The number of hydrogen-bond acceptors (Lipinski definition) is 2. The molecular formula is C29H17F6NS. The predicted octanol–water partition coefficient (Wildman–Crippen LogP) is 10.00. The van der Waals surface area contributed by atoms with Crippen molar-refractivity contribution >= 4 is 28.9 Å². The molecular weight excluding hydrogens is 508 g/mol. The summed E-state index contributed by atoms with van der Waals surface area (Å²) in [6.07, 6.45) is -0.160. The molecule has 0 N–H and O–H groups in total. The van der Waals surface area contributed by atoms with Crippen LogP contribution in [0.3, 0.4) is 0 Å². The molecule has 0 aliphatic heterocycles. The minimum Gasteiger partial charge on any atom is -0.209 e. The highest BCUT2D eigenvalue weighted by Gasteiger charge is 2.15. The maximum atomic E-state index is 15.0. The van der Waals surface area contributed by atoms with Gasteiger partial charge in [0.05, 0.1) is 5.16 Å². The molecule has 8 heteroatoms. The van der Waals surface area contributed by atoms with E-state index in [4.69, 9.17) is 0 Å². The van der Waals surface area contributed by atoms with E-state index in [2.05, 4.69) is 17.2 Å². The number of benzene rings is 4. The second-order valence-corrected chi connectivity index (χ2v) is 8.21. The molecule has 0 aliphatic carbocycles. The Balaban J connectivity index is 1.62. The van der Waals surface area contributed by atoms with Crippen LogP contribution < -0.4 is 0 Å². The molecule has 4 aromatic rings. The Hall–Kier alpha value is -4.00. The fourth-order valence-electron chi connectivity index (χ4n) is 3.84. The number of rotatable bonds is 6. The summed E-state index contributed by atoms with van der Waals surface area (Å²) in [5.74, 6) is -5.38. The first-order chi connectivity index (χ1) is 17.7. The average molecular weight is 526 g/mol. The second kappa shape index (κ2) is 10.9. The van der Waals surface area contributed by atoms with Gasteiger partial charge in [-0.3, -0.25) is 0 Å². The molecule has 0 fully saturated rings. The smallest absolute Gasteiger partial charge is 0.161 e. The zero-order valence-corrected chi connectivity index (χ0v) is 20.1. The molecule has 1 nitrogen and oxygen atoms in total. The normalized spacial score (nSPS) is 11.6. The van der Waals surface area contributed by atoms with Crippen LogP contribution in [0.15, 0.2) is 83.6 Å². The molecule has 0 radical (unpaired) electrons. The van der Waals surface area contributed by atoms with Gasteiger partial charge in [-0.05, 0) is 65.2 Å². The van der Waals surface area contributed by atoms with Gasteiger partial charge in [0.25, 0.3) is 0 Å². The highest BCUT2D eigenvalue weighted by atomic mass is 32.1. The first-order valence-corrected chi connectivity index (χ1v) is 11.5. The Morgan fingerprint density at radius 1 is 0.676 bits per heavy atom. The number of allylic oxidation sites excluding steroid dienone is 1. The van der Waals surface area contributed by atoms with Crippen molar-refractivity contribution in [3.05, 3.63) is 107 Å². The molecule has 0 saturated heterocycles. The van der Waals surface area contributed by atoms with Crippen molar-refractivity contribution in [3.8, 4) is 33.4 Å². The average Bonchev–Trinajstić information content (AvgIpc) is 2.89. The van der Waals surface area contributed by atoms with Crippen LogP contribution in [0.4, 0.5) is 32.0 Å². The van der Waals surface area contributed by atoms with Crippen molar-refractivity contribution in [1.29, 1.82) is 0 Å². The highest BCUT2D eigenvalue weighted by Crippen LogP contribution is 2.34. The minimum atomic E-state index is -1.14. The first-order valence-electron chi connectivity index (χ1n) is 11.0. The lowest BCUT2D eigenvalue weighted by atomic mass is 9.96. The largest absolute Gasteiger partial charge is 0.209 e. The quantitative estimate of drug-likeness (QED) is 0.139. The van der Waals surface area contributed by atoms with Crippen molar-refractivity contribution < 1.29 is 26.3 Å². The first kappa shape index (κ1) is 26.1. The third-order valence-corrected chi connectivity index (χ3v) is 5.85. The van der Waals surface area contributed by atoms with Gasteiger partial charge in [0, 0.05) is 16.7 Å². The molecule has 0 heterocycles. The highest BCUT2D eigenvalue weighted by molar-refractivity contribution is 7.78. The van der Waals surface area contributed by atoms with E-state index in [0.29, 0.717) is 11.1 Å². The van der Waals surface area contributed by atoms with E-state index in [0.717, 1.165) is 24.3 Å². The molecule has 186 valence electrons. The Morgan fingerprint density at radius 3 is 1.76 bits per heavy atom. The maximum Gasteiger partial charge on any atom is 0.161 e. The third kappa shape index (κ3) is 5.40. The molecule has 0 spiro atoms. The zero-order valence-electron chi connectivity index (χ0n) is 19.3. The molecule has 0 amide bonds. The van der Waals surface area contributed by atoms with Crippen LogP contribution in [0.5, 0.6) is 0 Å². The van der Waals surface area contributed by atoms with Crippen LogP contribution in [-0.4, -0.2) is 5.16 Å². The van der Waals surface area contributed by atoms with Gasteiger partial charge in [-0.15, -0.1) is 0 Å². The Morgan fingerprint density at radius 2 is 1.19 bits per heavy atom. The summed E-state index contributed by atoms with van der Waals surface area (Å²) in [5, 5.41) is 1.93. The number of halogens is 6. The summed E-state index contributed by atoms with van der Waals surface area (Å²) >= 11 is 4.39. The lowest BCUT2D eigenvalue weighted by Crippen LogP contribution is -1.91. The van der Waals surface area contributed by atoms with Crippen LogP contribution in [0.25, 0.3) is 39.2 Å². The summed E-state index contributed by atoms with van der Waals surface area (Å²) in [5.41, 5.74) is 0.913. The lowest BCUT2D eigenvalue weighted by molar-refractivity contribution is 0.575. The van der Waals surface area contributed by atoms with Crippen LogP contribution in [0, 0.1) is 23.3 Å². The summed E-state index contributed by atoms with van der Waals surface area (Å²) in [6, 6.07) is 16.0. The molecule has 0 atom stereocenters. The zero-order chi connectivity index (χ0) is 26.7. The molecule has 4 aromatic carbocycles. The summed E-state index contributed by atoms with van der Waals surface area (Å²) in [7, 11) is 0. The van der Waals surface area contributed by atoms with Crippen LogP contribution in [-0.2, 0) is 0 Å². The summed E-state index contributed by atoms with van der Waals surface area (Å²) in [6.45, 7) is 1.44. The maximum absolute atomic E-state index is 15.0. The standard InChI is InChI=1S/C29H17F6NS/c1-2-23(30)28(35)19-8-10-22(25(32)12-19)18-7-9-21(24(31)11-18)17-5-3-16(4-6-17)20-13-26(33)29(36-15-37)27(34)14-20/h3-14H,2H2,1H3/b28-23+. The van der Waals surface area contributed by atoms with Gasteiger partial charge >= 0.3 is 0 Å².